The summed E-state index contributed by atoms with van der Waals surface area (Å²) in [6.07, 6.45) is 7.23. The first-order chi connectivity index (χ1) is 14.1. The van der Waals surface area contributed by atoms with Gasteiger partial charge in [0.15, 0.2) is 11.5 Å². The van der Waals surface area contributed by atoms with Gasteiger partial charge in [0.05, 0.1) is 6.54 Å². The van der Waals surface area contributed by atoms with Crippen LogP contribution in [0.15, 0.2) is 24.3 Å². The Labute approximate surface area is 171 Å². The summed E-state index contributed by atoms with van der Waals surface area (Å²) in [5.74, 6) is 3.81. The minimum atomic E-state index is -0.199. The summed E-state index contributed by atoms with van der Waals surface area (Å²) < 4.78 is 11.5. The minimum absolute atomic E-state index is 0.0710. The van der Waals surface area contributed by atoms with Crippen molar-refractivity contribution >= 4 is 11.8 Å². The number of amides is 2. The van der Waals surface area contributed by atoms with Crippen LogP contribution in [0.1, 0.15) is 44.9 Å². The Morgan fingerprint density at radius 1 is 0.966 bits per heavy atom. The van der Waals surface area contributed by atoms with Crippen molar-refractivity contribution in [2.45, 2.75) is 51.0 Å². The summed E-state index contributed by atoms with van der Waals surface area (Å²) in [6.45, 7) is 1.22. The number of hydrogen-bond acceptors (Lipinski definition) is 4. The molecule has 1 aromatic carbocycles. The Hall–Kier alpha value is -2.24. The highest BCUT2D eigenvalue weighted by Crippen LogP contribution is 2.60. The first kappa shape index (κ1) is 18.8. The molecule has 1 heterocycles. The molecule has 4 aliphatic carbocycles. The maximum Gasteiger partial charge on any atom is 0.226 e. The largest absolute Gasteiger partial charge is 0.486 e. The molecule has 0 radical (unpaired) electrons. The first-order valence-electron chi connectivity index (χ1n) is 11.0. The Bertz CT molecular complexity index is 758. The zero-order chi connectivity index (χ0) is 19.8. The normalized spacial score (nSPS) is 33.9. The lowest BCUT2D eigenvalue weighted by atomic mass is 9.49. The number of fused-ring (bicyclic) bond motifs is 1. The van der Waals surface area contributed by atoms with Crippen LogP contribution in [0, 0.1) is 23.2 Å². The zero-order valence-electron chi connectivity index (χ0n) is 16.8. The fourth-order valence-electron chi connectivity index (χ4n) is 6.35. The fraction of sp³-hybridized carbons (Fsp3) is 0.652. The van der Waals surface area contributed by atoms with E-state index in [0.717, 1.165) is 42.8 Å². The van der Waals surface area contributed by atoms with E-state index in [0.29, 0.717) is 31.9 Å². The van der Waals surface area contributed by atoms with Crippen LogP contribution >= 0.6 is 0 Å². The number of carbonyl (C=O) groups is 2. The van der Waals surface area contributed by atoms with Gasteiger partial charge in [-0.3, -0.25) is 9.59 Å². The predicted octanol–water partition coefficient (Wildman–Crippen LogP) is 2.67. The highest BCUT2D eigenvalue weighted by atomic mass is 16.6. The van der Waals surface area contributed by atoms with Crippen molar-refractivity contribution in [2.24, 2.45) is 23.2 Å². The number of benzene rings is 1. The molecule has 1 aromatic rings. The molecule has 5 aliphatic rings. The van der Waals surface area contributed by atoms with Gasteiger partial charge in [-0.2, -0.15) is 0 Å². The third-order valence-corrected chi connectivity index (χ3v) is 7.25. The second-order valence-corrected chi connectivity index (χ2v) is 9.51. The number of rotatable bonds is 6. The summed E-state index contributed by atoms with van der Waals surface area (Å²) >= 11 is 0. The average molecular weight is 399 g/mol. The van der Waals surface area contributed by atoms with E-state index in [1.165, 1.54) is 19.3 Å². The van der Waals surface area contributed by atoms with Crippen LogP contribution in [0.25, 0.3) is 0 Å². The molecule has 4 saturated carbocycles. The maximum absolute atomic E-state index is 12.9. The standard InChI is InChI=1S/C23H30N2O4/c26-21(25-13-18-14-28-19-3-1-2-4-20(19)29-18)5-6-24-22(27)23-10-15-7-16(11-23)9-17(8-15)12-23/h1-4,15-18H,5-14H2,(H,24,27)(H,25,26). The summed E-state index contributed by atoms with van der Waals surface area (Å²) in [4.78, 5) is 25.1. The lowest BCUT2D eigenvalue weighted by molar-refractivity contribution is -0.146. The summed E-state index contributed by atoms with van der Waals surface area (Å²) in [5, 5.41) is 5.96. The molecule has 1 aliphatic heterocycles. The van der Waals surface area contributed by atoms with E-state index < -0.39 is 0 Å². The van der Waals surface area contributed by atoms with Gasteiger partial charge < -0.3 is 20.1 Å². The molecule has 0 saturated heterocycles. The predicted molar refractivity (Wildman–Crippen MR) is 108 cm³/mol. The van der Waals surface area contributed by atoms with Crippen LogP contribution in [0.4, 0.5) is 0 Å². The van der Waals surface area contributed by atoms with E-state index in [2.05, 4.69) is 10.6 Å². The van der Waals surface area contributed by atoms with E-state index in [1.54, 1.807) is 0 Å². The van der Waals surface area contributed by atoms with Crippen molar-refractivity contribution in [1.29, 1.82) is 0 Å². The molecular formula is C23H30N2O4. The van der Waals surface area contributed by atoms with Crippen LogP contribution in [0.5, 0.6) is 11.5 Å². The van der Waals surface area contributed by atoms with Gasteiger partial charge in [0.25, 0.3) is 0 Å². The van der Waals surface area contributed by atoms with Gasteiger partial charge >= 0.3 is 0 Å². The van der Waals surface area contributed by atoms with Crippen molar-refractivity contribution < 1.29 is 19.1 Å². The molecule has 6 heteroatoms. The molecule has 4 bridgehead atoms. The van der Waals surface area contributed by atoms with E-state index in [9.17, 15) is 9.59 Å². The molecule has 0 aromatic heterocycles. The molecule has 2 N–H and O–H groups in total. The highest BCUT2D eigenvalue weighted by Gasteiger charge is 2.54. The molecule has 2 amide bonds. The van der Waals surface area contributed by atoms with Crippen LogP contribution in [0.3, 0.4) is 0 Å². The number of carbonyl (C=O) groups excluding carboxylic acids is 2. The average Bonchev–Trinajstić information content (AvgIpc) is 2.71. The number of ether oxygens (including phenoxy) is 2. The van der Waals surface area contributed by atoms with E-state index in [-0.39, 0.29) is 23.3 Å². The quantitative estimate of drug-likeness (QED) is 0.772. The summed E-state index contributed by atoms with van der Waals surface area (Å²) in [6, 6.07) is 7.54. The van der Waals surface area contributed by atoms with Crippen molar-refractivity contribution in [1.82, 2.24) is 10.6 Å². The molecule has 1 atom stereocenters. The second-order valence-electron chi connectivity index (χ2n) is 9.51. The number of nitrogens with one attached hydrogen (secondary N) is 2. The van der Waals surface area contributed by atoms with Crippen molar-refractivity contribution in [3.05, 3.63) is 24.3 Å². The highest BCUT2D eigenvalue weighted by molar-refractivity contribution is 5.84. The topological polar surface area (TPSA) is 76.7 Å². The zero-order valence-corrected chi connectivity index (χ0v) is 16.8. The monoisotopic (exact) mass is 398 g/mol. The fourth-order valence-corrected chi connectivity index (χ4v) is 6.35. The Morgan fingerprint density at radius 3 is 2.31 bits per heavy atom. The van der Waals surface area contributed by atoms with Crippen molar-refractivity contribution in [3.63, 3.8) is 0 Å². The lowest BCUT2D eigenvalue weighted by Gasteiger charge is -2.55. The molecule has 29 heavy (non-hydrogen) atoms. The van der Waals surface area contributed by atoms with Gasteiger partial charge in [-0.1, -0.05) is 12.1 Å². The van der Waals surface area contributed by atoms with Crippen LogP contribution in [0.2, 0.25) is 0 Å². The second kappa shape index (κ2) is 7.54. The first-order valence-corrected chi connectivity index (χ1v) is 11.0. The van der Waals surface area contributed by atoms with E-state index in [4.69, 9.17) is 9.47 Å². The molecule has 6 nitrogen and oxygen atoms in total. The SMILES string of the molecule is O=C(CCNC(=O)C12CC3CC(CC(C3)C1)C2)NCC1COc2ccccc2O1. The van der Waals surface area contributed by atoms with Gasteiger partial charge in [0.1, 0.15) is 12.7 Å². The summed E-state index contributed by atoms with van der Waals surface area (Å²) in [7, 11) is 0. The smallest absolute Gasteiger partial charge is 0.226 e. The van der Waals surface area contributed by atoms with Crippen LogP contribution < -0.4 is 20.1 Å². The van der Waals surface area contributed by atoms with E-state index in [1.807, 2.05) is 24.3 Å². The Morgan fingerprint density at radius 2 is 1.62 bits per heavy atom. The van der Waals surface area contributed by atoms with Gasteiger partial charge in [0, 0.05) is 18.4 Å². The van der Waals surface area contributed by atoms with Gasteiger partial charge in [0.2, 0.25) is 11.8 Å². The summed E-state index contributed by atoms with van der Waals surface area (Å²) in [5.41, 5.74) is -0.147. The van der Waals surface area contributed by atoms with Crippen molar-refractivity contribution in [3.8, 4) is 11.5 Å². The maximum atomic E-state index is 12.9. The minimum Gasteiger partial charge on any atom is -0.486 e. The molecule has 6 rings (SSSR count). The third kappa shape index (κ3) is 3.81. The van der Waals surface area contributed by atoms with Crippen LogP contribution in [-0.2, 0) is 9.59 Å². The lowest BCUT2D eigenvalue weighted by Crippen LogP contribution is -2.53. The molecule has 4 fully saturated rings. The third-order valence-electron chi connectivity index (χ3n) is 7.25. The van der Waals surface area contributed by atoms with E-state index >= 15 is 0 Å². The molecule has 0 spiro atoms. The molecular weight excluding hydrogens is 368 g/mol. The van der Waals surface area contributed by atoms with Gasteiger partial charge in [-0.15, -0.1) is 0 Å². The number of hydrogen-bond donors (Lipinski definition) is 2. The Balaban J connectivity index is 1.04. The molecule has 1 unspecified atom stereocenters. The number of para-hydroxylation sites is 2. The van der Waals surface area contributed by atoms with Crippen LogP contribution in [-0.4, -0.2) is 37.6 Å². The van der Waals surface area contributed by atoms with Crippen molar-refractivity contribution in [2.75, 3.05) is 19.7 Å². The molecule has 156 valence electrons. The van der Waals surface area contributed by atoms with Gasteiger partial charge in [-0.05, 0) is 68.4 Å². The van der Waals surface area contributed by atoms with Gasteiger partial charge in [-0.25, -0.2) is 0 Å². The Kier molecular flexibility index (Phi) is 4.88.